The van der Waals surface area contributed by atoms with Crippen LogP contribution < -0.4 is 15.0 Å². The van der Waals surface area contributed by atoms with Crippen molar-refractivity contribution in [3.05, 3.63) is 54.6 Å². The summed E-state index contributed by atoms with van der Waals surface area (Å²) in [5.41, 5.74) is 2.26. The molecule has 19 heavy (non-hydrogen) atoms. The van der Waals surface area contributed by atoms with Crippen molar-refractivity contribution in [3.63, 3.8) is 0 Å². The van der Waals surface area contributed by atoms with Crippen LogP contribution >= 0.6 is 0 Å². The molecule has 0 aliphatic heterocycles. The van der Waals surface area contributed by atoms with Gasteiger partial charge >= 0.3 is 0 Å². The normalized spacial score (nSPS) is 10.0. The monoisotopic (exact) mass is 256 g/mol. The molecule has 0 aromatic heterocycles. The van der Waals surface area contributed by atoms with Crippen LogP contribution in [0.4, 0.5) is 11.4 Å². The number of nitrogens with zero attached hydrogens (tertiary/aromatic N) is 1. The van der Waals surface area contributed by atoms with Crippen molar-refractivity contribution in [2.45, 2.75) is 0 Å². The standard InChI is InChI=1S/C16H20N2O/c1-18(14-8-4-3-5-9-14)13-12-17-15-10-6-7-11-16(15)19-2/h3-11,17H,12-13H2,1-2H3. The van der Waals surface area contributed by atoms with Crippen molar-refractivity contribution in [1.29, 1.82) is 0 Å². The summed E-state index contributed by atoms with van der Waals surface area (Å²) in [4.78, 5) is 2.22. The minimum atomic E-state index is 0.867. The van der Waals surface area contributed by atoms with Crippen molar-refractivity contribution >= 4 is 11.4 Å². The second kappa shape index (κ2) is 6.69. The van der Waals surface area contributed by atoms with Gasteiger partial charge in [-0.3, -0.25) is 0 Å². The number of hydrogen-bond acceptors (Lipinski definition) is 3. The molecule has 0 aliphatic carbocycles. The lowest BCUT2D eigenvalue weighted by Gasteiger charge is -2.20. The molecule has 1 N–H and O–H groups in total. The van der Waals surface area contributed by atoms with E-state index in [-0.39, 0.29) is 0 Å². The van der Waals surface area contributed by atoms with E-state index >= 15 is 0 Å². The smallest absolute Gasteiger partial charge is 0.141 e. The molecule has 2 rings (SSSR count). The van der Waals surface area contributed by atoms with Crippen molar-refractivity contribution in [2.24, 2.45) is 0 Å². The summed E-state index contributed by atoms with van der Waals surface area (Å²) in [5, 5.41) is 3.40. The van der Waals surface area contributed by atoms with Gasteiger partial charge in [0.15, 0.2) is 0 Å². The lowest BCUT2D eigenvalue weighted by molar-refractivity contribution is 0.416. The first kappa shape index (κ1) is 13.3. The number of likely N-dealkylation sites (N-methyl/N-ethyl adjacent to an activating group) is 1. The lowest BCUT2D eigenvalue weighted by atomic mass is 10.3. The van der Waals surface area contributed by atoms with Crippen LogP contribution in [-0.4, -0.2) is 27.2 Å². The fourth-order valence-corrected chi connectivity index (χ4v) is 1.96. The highest BCUT2D eigenvalue weighted by Crippen LogP contribution is 2.22. The largest absolute Gasteiger partial charge is 0.495 e. The van der Waals surface area contributed by atoms with E-state index in [0.717, 1.165) is 24.5 Å². The minimum absolute atomic E-state index is 0.867. The van der Waals surface area contributed by atoms with Gasteiger partial charge in [0.1, 0.15) is 5.75 Å². The third-order valence-corrected chi connectivity index (χ3v) is 3.07. The molecule has 0 fully saturated rings. The third kappa shape index (κ3) is 3.65. The molecule has 0 radical (unpaired) electrons. The molecule has 0 heterocycles. The molecule has 0 saturated carbocycles. The van der Waals surface area contributed by atoms with Crippen LogP contribution in [-0.2, 0) is 0 Å². The second-order valence-corrected chi connectivity index (χ2v) is 4.38. The van der Waals surface area contributed by atoms with Crippen LogP contribution in [0.1, 0.15) is 0 Å². The molecule has 0 spiro atoms. The first-order chi connectivity index (χ1) is 9.31. The zero-order chi connectivity index (χ0) is 13.5. The summed E-state index contributed by atoms with van der Waals surface area (Å²) in [6, 6.07) is 18.3. The van der Waals surface area contributed by atoms with E-state index in [0.29, 0.717) is 0 Å². The Morgan fingerprint density at radius 2 is 1.68 bits per heavy atom. The summed E-state index contributed by atoms with van der Waals surface area (Å²) in [6.07, 6.45) is 0. The quantitative estimate of drug-likeness (QED) is 0.858. The van der Waals surface area contributed by atoms with Gasteiger partial charge in [-0.05, 0) is 24.3 Å². The van der Waals surface area contributed by atoms with E-state index < -0.39 is 0 Å². The molecule has 0 aliphatic rings. The van der Waals surface area contributed by atoms with E-state index in [4.69, 9.17) is 4.74 Å². The maximum Gasteiger partial charge on any atom is 0.141 e. The molecule has 0 bridgehead atoms. The minimum Gasteiger partial charge on any atom is -0.495 e. The van der Waals surface area contributed by atoms with Crippen molar-refractivity contribution in [1.82, 2.24) is 0 Å². The van der Waals surface area contributed by atoms with Crippen LogP contribution in [0.2, 0.25) is 0 Å². The van der Waals surface area contributed by atoms with Gasteiger partial charge in [0.25, 0.3) is 0 Å². The zero-order valence-corrected chi connectivity index (χ0v) is 11.5. The molecule has 0 unspecified atom stereocenters. The van der Waals surface area contributed by atoms with Gasteiger partial charge < -0.3 is 15.0 Å². The van der Waals surface area contributed by atoms with Crippen molar-refractivity contribution in [2.75, 3.05) is 37.5 Å². The highest BCUT2D eigenvalue weighted by atomic mass is 16.5. The summed E-state index contributed by atoms with van der Waals surface area (Å²) in [5.74, 6) is 0.880. The first-order valence-corrected chi connectivity index (χ1v) is 6.44. The molecule has 3 nitrogen and oxygen atoms in total. The first-order valence-electron chi connectivity index (χ1n) is 6.44. The highest BCUT2D eigenvalue weighted by molar-refractivity contribution is 5.56. The van der Waals surface area contributed by atoms with Gasteiger partial charge in [-0.1, -0.05) is 30.3 Å². The Morgan fingerprint density at radius 3 is 2.42 bits per heavy atom. The van der Waals surface area contributed by atoms with Crippen LogP contribution in [0.25, 0.3) is 0 Å². The molecule has 0 saturated heterocycles. The summed E-state index contributed by atoms with van der Waals surface area (Å²) < 4.78 is 5.31. The van der Waals surface area contributed by atoms with E-state index in [1.165, 1.54) is 5.69 Å². The SMILES string of the molecule is COc1ccccc1NCCN(C)c1ccccc1. The van der Waals surface area contributed by atoms with E-state index in [1.807, 2.05) is 30.3 Å². The third-order valence-electron chi connectivity index (χ3n) is 3.07. The van der Waals surface area contributed by atoms with Crippen LogP contribution in [0.3, 0.4) is 0 Å². The molecule has 2 aromatic carbocycles. The Labute approximate surface area is 114 Å². The van der Waals surface area contributed by atoms with Gasteiger partial charge in [-0.15, -0.1) is 0 Å². The highest BCUT2D eigenvalue weighted by Gasteiger charge is 2.02. The molecule has 100 valence electrons. The number of nitrogens with one attached hydrogen (secondary N) is 1. The van der Waals surface area contributed by atoms with Gasteiger partial charge in [0.05, 0.1) is 12.8 Å². The molecular formula is C16H20N2O. The summed E-state index contributed by atoms with van der Waals surface area (Å²) in [6.45, 7) is 1.80. The Hall–Kier alpha value is -2.16. The average Bonchev–Trinajstić information content (AvgIpc) is 2.48. The second-order valence-electron chi connectivity index (χ2n) is 4.38. The maximum atomic E-state index is 5.31. The number of methoxy groups -OCH3 is 1. The predicted molar refractivity (Wildman–Crippen MR) is 81.2 cm³/mol. The number of para-hydroxylation sites is 3. The zero-order valence-electron chi connectivity index (χ0n) is 11.5. The van der Waals surface area contributed by atoms with Crippen LogP contribution in [0, 0.1) is 0 Å². The molecular weight excluding hydrogens is 236 g/mol. The van der Waals surface area contributed by atoms with Crippen molar-refractivity contribution < 1.29 is 4.74 Å². The fraction of sp³-hybridized carbons (Fsp3) is 0.250. The Kier molecular flexibility index (Phi) is 4.67. The van der Waals surface area contributed by atoms with Crippen LogP contribution in [0.15, 0.2) is 54.6 Å². The maximum absolute atomic E-state index is 5.31. The van der Waals surface area contributed by atoms with E-state index in [1.54, 1.807) is 7.11 Å². The van der Waals surface area contributed by atoms with Gasteiger partial charge in [0.2, 0.25) is 0 Å². The Bertz CT molecular complexity index is 499. The van der Waals surface area contributed by atoms with Gasteiger partial charge in [0, 0.05) is 25.8 Å². The molecule has 0 amide bonds. The van der Waals surface area contributed by atoms with Crippen molar-refractivity contribution in [3.8, 4) is 5.75 Å². The number of rotatable bonds is 6. The Balaban J connectivity index is 1.87. The van der Waals surface area contributed by atoms with Gasteiger partial charge in [-0.25, -0.2) is 0 Å². The number of anilines is 2. The Morgan fingerprint density at radius 1 is 1.00 bits per heavy atom. The summed E-state index contributed by atoms with van der Waals surface area (Å²) in [7, 11) is 3.79. The number of benzene rings is 2. The molecule has 0 atom stereocenters. The van der Waals surface area contributed by atoms with Crippen LogP contribution in [0.5, 0.6) is 5.75 Å². The van der Waals surface area contributed by atoms with Gasteiger partial charge in [-0.2, -0.15) is 0 Å². The topological polar surface area (TPSA) is 24.5 Å². The predicted octanol–water partition coefficient (Wildman–Crippen LogP) is 3.24. The average molecular weight is 256 g/mol. The fourth-order valence-electron chi connectivity index (χ4n) is 1.96. The lowest BCUT2D eigenvalue weighted by Crippen LogP contribution is -2.24. The molecule has 3 heteroatoms. The molecule has 2 aromatic rings. The summed E-state index contributed by atoms with van der Waals surface area (Å²) >= 11 is 0. The number of ether oxygens (including phenoxy) is 1. The van der Waals surface area contributed by atoms with E-state index in [2.05, 4.69) is 41.5 Å². The number of hydrogen-bond donors (Lipinski definition) is 1. The van der Waals surface area contributed by atoms with E-state index in [9.17, 15) is 0 Å².